The molecule has 0 bridgehead atoms. The highest BCUT2D eigenvalue weighted by molar-refractivity contribution is 6.71. The van der Waals surface area contributed by atoms with Crippen LogP contribution in [0.15, 0.2) is 0 Å². The van der Waals surface area contributed by atoms with Gasteiger partial charge in [-0.1, -0.05) is 46.4 Å². The normalized spacial score (nSPS) is 9.67. The molecular formula is C7H3Cl6NO. The molecule has 0 unspecified atom stereocenters. The predicted octanol–water partition coefficient (Wildman–Crippen LogP) is 4.68. The van der Waals surface area contributed by atoms with Gasteiger partial charge in [0.2, 0.25) is 0 Å². The summed E-state index contributed by atoms with van der Waals surface area (Å²) in [4.78, 5) is 10.9. The summed E-state index contributed by atoms with van der Waals surface area (Å²) in [5.74, 6) is 0. The average molecular weight is 330 g/mol. The van der Waals surface area contributed by atoms with Crippen molar-refractivity contribution in [3.05, 3.63) is 25.7 Å². The molecule has 0 saturated carbocycles. The quantitative estimate of drug-likeness (QED) is 0.461. The number of halogens is 6. The molecule has 8 heteroatoms. The molecule has 0 aromatic heterocycles. The van der Waals surface area contributed by atoms with Crippen LogP contribution in [0.4, 0.5) is 5.69 Å². The average Bonchev–Trinajstić information content (AvgIpc) is 2.11. The van der Waals surface area contributed by atoms with Gasteiger partial charge < -0.3 is 5.73 Å². The molecular weight excluding hydrogens is 327 g/mol. The molecule has 0 amide bonds. The van der Waals surface area contributed by atoms with Crippen molar-refractivity contribution in [2.45, 2.75) is 0 Å². The number of carbonyl (C=O) groups is 1. The fraction of sp³-hybridized carbons (Fsp3) is 0. The van der Waals surface area contributed by atoms with Crippen LogP contribution < -0.4 is 5.73 Å². The summed E-state index contributed by atoms with van der Waals surface area (Å²) in [5.41, 5.74) is 5.34. The lowest BCUT2D eigenvalue weighted by Gasteiger charge is -2.09. The number of hydrogen-bond acceptors (Lipinski definition) is 2. The maximum atomic E-state index is 10.9. The van der Waals surface area contributed by atoms with Gasteiger partial charge >= 0.3 is 0 Å². The summed E-state index contributed by atoms with van der Waals surface area (Å²) in [6.45, 7) is 0. The number of carbonyl (C=O) groups excluding carboxylic acids is 1. The van der Waals surface area contributed by atoms with E-state index in [-0.39, 0.29) is 43.7 Å². The molecule has 1 aromatic carbocycles. The van der Waals surface area contributed by atoms with Crippen LogP contribution >= 0.6 is 70.4 Å². The van der Waals surface area contributed by atoms with Gasteiger partial charge in [-0.05, 0) is 11.6 Å². The lowest BCUT2D eigenvalue weighted by molar-refractivity contribution is 0.108. The molecule has 0 aliphatic heterocycles. The fourth-order valence-corrected chi connectivity index (χ4v) is 2.15. The highest BCUT2D eigenvalue weighted by atomic mass is 35.5. The van der Waals surface area contributed by atoms with E-state index in [1.54, 1.807) is 0 Å². The Labute approximate surface area is 117 Å². The van der Waals surface area contributed by atoms with E-state index in [1.165, 1.54) is 0 Å². The van der Waals surface area contributed by atoms with E-state index >= 15 is 0 Å². The van der Waals surface area contributed by atoms with Crippen LogP contribution in [0.1, 0.15) is 10.4 Å². The minimum atomic E-state index is -0.844. The molecule has 2 N–H and O–H groups in total. The van der Waals surface area contributed by atoms with Gasteiger partial charge in [-0.3, -0.25) is 4.79 Å². The summed E-state index contributed by atoms with van der Waals surface area (Å²) in [7, 11) is 0. The Kier molecular flexibility index (Phi) is 5.83. The topological polar surface area (TPSA) is 43.1 Å². The first-order chi connectivity index (χ1) is 6.37. The van der Waals surface area contributed by atoms with E-state index in [0.717, 1.165) is 0 Å². The molecule has 0 atom stereocenters. The molecule has 0 radical (unpaired) electrons. The third kappa shape index (κ3) is 2.76. The highest BCUT2D eigenvalue weighted by Crippen LogP contribution is 2.43. The third-order valence-corrected chi connectivity index (χ3v) is 3.42. The Balaban J connectivity index is 0.00000196. The maximum absolute atomic E-state index is 10.9. The van der Waals surface area contributed by atoms with Gasteiger partial charge in [0.05, 0.1) is 31.3 Å². The van der Waals surface area contributed by atoms with E-state index < -0.39 is 5.24 Å². The Hall–Kier alpha value is 0.430. The van der Waals surface area contributed by atoms with Crippen LogP contribution in [0.2, 0.25) is 20.1 Å². The lowest BCUT2D eigenvalue weighted by atomic mass is 10.2. The van der Waals surface area contributed by atoms with Crippen molar-refractivity contribution < 1.29 is 4.79 Å². The van der Waals surface area contributed by atoms with Crippen molar-refractivity contribution in [2.24, 2.45) is 0 Å². The predicted molar refractivity (Wildman–Crippen MR) is 68.3 cm³/mol. The summed E-state index contributed by atoms with van der Waals surface area (Å²) in [5, 5.41) is -1.11. The minimum Gasteiger partial charge on any atom is -0.396 e. The molecule has 0 saturated heterocycles. The van der Waals surface area contributed by atoms with E-state index in [9.17, 15) is 4.79 Å². The minimum absolute atomic E-state index is 0. The fourth-order valence-electron chi connectivity index (χ4n) is 0.821. The van der Waals surface area contributed by atoms with Crippen LogP contribution in [0.25, 0.3) is 0 Å². The number of rotatable bonds is 1. The van der Waals surface area contributed by atoms with Gasteiger partial charge in [-0.15, -0.1) is 12.4 Å². The molecule has 0 spiro atoms. The molecule has 0 fully saturated rings. The van der Waals surface area contributed by atoms with Crippen molar-refractivity contribution in [2.75, 3.05) is 5.73 Å². The van der Waals surface area contributed by atoms with Gasteiger partial charge in [0.25, 0.3) is 5.24 Å². The molecule has 0 aliphatic rings. The van der Waals surface area contributed by atoms with Gasteiger partial charge in [0.1, 0.15) is 0 Å². The van der Waals surface area contributed by atoms with Gasteiger partial charge in [-0.25, -0.2) is 0 Å². The number of nitrogens with two attached hydrogens (primary N) is 1. The van der Waals surface area contributed by atoms with Crippen LogP contribution in [-0.2, 0) is 0 Å². The molecule has 0 aliphatic carbocycles. The standard InChI is InChI=1S/C7H2Cl5NO.ClH/c8-2-1(7(12)14)3(9)5(11)6(13)4(2)10;/h13H2;1H. The van der Waals surface area contributed by atoms with Crippen molar-refractivity contribution in [1.29, 1.82) is 0 Å². The Morgan fingerprint density at radius 3 is 1.53 bits per heavy atom. The van der Waals surface area contributed by atoms with E-state index in [0.29, 0.717) is 0 Å². The summed E-state index contributed by atoms with van der Waals surface area (Å²) in [6.07, 6.45) is 0. The van der Waals surface area contributed by atoms with Gasteiger partial charge in [-0.2, -0.15) is 0 Å². The van der Waals surface area contributed by atoms with Crippen LogP contribution in [0, 0.1) is 0 Å². The van der Waals surface area contributed by atoms with E-state index in [2.05, 4.69) is 0 Å². The molecule has 15 heavy (non-hydrogen) atoms. The van der Waals surface area contributed by atoms with Crippen LogP contribution in [0.5, 0.6) is 0 Å². The molecule has 2 nitrogen and oxygen atoms in total. The second kappa shape index (κ2) is 5.67. The number of hydrogen-bond donors (Lipinski definition) is 1. The maximum Gasteiger partial charge on any atom is 0.255 e. The zero-order chi connectivity index (χ0) is 11.0. The van der Waals surface area contributed by atoms with Crippen molar-refractivity contribution in [1.82, 2.24) is 0 Å². The largest absolute Gasteiger partial charge is 0.396 e. The first kappa shape index (κ1) is 15.4. The van der Waals surface area contributed by atoms with Crippen molar-refractivity contribution in [3.63, 3.8) is 0 Å². The summed E-state index contributed by atoms with van der Waals surface area (Å²) < 4.78 is 0. The van der Waals surface area contributed by atoms with Crippen LogP contribution in [-0.4, -0.2) is 5.24 Å². The Morgan fingerprint density at radius 1 is 0.933 bits per heavy atom. The Morgan fingerprint density at radius 2 is 1.27 bits per heavy atom. The number of benzene rings is 1. The van der Waals surface area contributed by atoms with Crippen molar-refractivity contribution in [3.8, 4) is 0 Å². The molecule has 84 valence electrons. The third-order valence-electron chi connectivity index (χ3n) is 1.49. The molecule has 0 heterocycles. The van der Waals surface area contributed by atoms with E-state index in [4.69, 9.17) is 63.7 Å². The summed E-state index contributed by atoms with van der Waals surface area (Å²) in [6, 6.07) is 0. The smallest absolute Gasteiger partial charge is 0.255 e. The van der Waals surface area contributed by atoms with Crippen molar-refractivity contribution >= 4 is 81.3 Å². The lowest BCUT2D eigenvalue weighted by Crippen LogP contribution is -1.98. The number of nitrogen functional groups attached to an aromatic ring is 1. The highest BCUT2D eigenvalue weighted by Gasteiger charge is 2.22. The zero-order valence-electron chi connectivity index (χ0n) is 6.78. The monoisotopic (exact) mass is 327 g/mol. The van der Waals surface area contributed by atoms with Gasteiger partial charge in [0.15, 0.2) is 0 Å². The first-order valence-electron chi connectivity index (χ1n) is 3.19. The first-order valence-corrected chi connectivity index (χ1v) is 5.08. The Bertz CT molecular complexity index is 389. The SMILES string of the molecule is Cl.Nc1c(Cl)c(Cl)c(C(=O)Cl)c(Cl)c1Cl. The van der Waals surface area contributed by atoms with E-state index in [1.807, 2.05) is 0 Å². The summed E-state index contributed by atoms with van der Waals surface area (Å²) >= 11 is 28.1. The molecule has 1 aromatic rings. The van der Waals surface area contributed by atoms with Gasteiger partial charge in [0, 0.05) is 0 Å². The van der Waals surface area contributed by atoms with Crippen LogP contribution in [0.3, 0.4) is 0 Å². The zero-order valence-corrected chi connectivity index (χ0v) is 11.4. The molecule has 1 rings (SSSR count). The second-order valence-electron chi connectivity index (χ2n) is 2.32. The second-order valence-corrected chi connectivity index (χ2v) is 4.17. The number of anilines is 1.